The molecule has 2 aromatic carbocycles. The molecule has 8 heteroatoms. The van der Waals surface area contributed by atoms with E-state index < -0.39 is 23.5 Å². The summed E-state index contributed by atoms with van der Waals surface area (Å²) in [5.74, 6) is -0.533. The van der Waals surface area contributed by atoms with Gasteiger partial charge in [0, 0.05) is 0 Å². The Morgan fingerprint density at radius 2 is 2.04 bits per heavy atom. The van der Waals surface area contributed by atoms with Gasteiger partial charge in [-0.3, -0.25) is 9.36 Å². The summed E-state index contributed by atoms with van der Waals surface area (Å²) in [6.07, 6.45) is -0.948. The lowest BCUT2D eigenvalue weighted by Crippen LogP contribution is -2.34. The fourth-order valence-electron chi connectivity index (χ4n) is 2.80. The average Bonchev–Trinajstić information content (AvgIpc) is 2.60. The highest BCUT2D eigenvalue weighted by atomic mass is 35.5. The number of halogens is 2. The molecule has 0 spiro atoms. The van der Waals surface area contributed by atoms with Gasteiger partial charge in [0.2, 0.25) is 0 Å². The zero-order chi connectivity index (χ0) is 18.8. The molecule has 0 saturated heterocycles. The van der Waals surface area contributed by atoms with Crippen LogP contribution >= 0.6 is 11.6 Å². The molecule has 0 aliphatic rings. The van der Waals surface area contributed by atoms with Gasteiger partial charge in [0.1, 0.15) is 11.6 Å². The van der Waals surface area contributed by atoms with Crippen molar-refractivity contribution in [3.05, 3.63) is 69.5 Å². The van der Waals surface area contributed by atoms with Gasteiger partial charge in [0.25, 0.3) is 5.56 Å². The molecule has 1 unspecified atom stereocenters. The minimum absolute atomic E-state index is 0.0209. The first-order chi connectivity index (χ1) is 12.4. The maximum absolute atomic E-state index is 14.4. The van der Waals surface area contributed by atoms with Gasteiger partial charge in [0.05, 0.1) is 27.7 Å². The third-order valence-electron chi connectivity index (χ3n) is 3.98. The molecule has 0 saturated carbocycles. The van der Waals surface area contributed by atoms with Gasteiger partial charge >= 0.3 is 6.09 Å². The highest BCUT2D eigenvalue weighted by molar-refractivity contribution is 6.35. The average molecular weight is 376 g/mol. The predicted octanol–water partition coefficient (Wildman–Crippen LogP) is 3.90. The molecule has 134 valence electrons. The number of rotatable bonds is 4. The summed E-state index contributed by atoms with van der Waals surface area (Å²) in [6, 6.07) is 9.71. The number of carbonyl (C=O) groups is 1. The van der Waals surface area contributed by atoms with Crippen LogP contribution in [0.4, 0.5) is 9.18 Å². The first-order valence-corrected chi connectivity index (χ1v) is 8.27. The first kappa shape index (κ1) is 17.9. The topological polar surface area (TPSA) is 84.2 Å². The van der Waals surface area contributed by atoms with Crippen molar-refractivity contribution >= 4 is 28.6 Å². The number of benzene rings is 2. The Morgan fingerprint density at radius 1 is 1.31 bits per heavy atom. The van der Waals surface area contributed by atoms with Crippen molar-refractivity contribution in [2.24, 2.45) is 0 Å². The van der Waals surface area contributed by atoms with Crippen LogP contribution in [0.25, 0.3) is 16.6 Å². The Labute approximate surface area is 152 Å². The number of aromatic nitrogens is 2. The minimum atomic E-state index is -1.27. The van der Waals surface area contributed by atoms with E-state index >= 15 is 0 Å². The number of nitrogens with one attached hydrogen (secondary N) is 1. The summed E-state index contributed by atoms with van der Waals surface area (Å²) < 4.78 is 15.5. The van der Waals surface area contributed by atoms with Crippen molar-refractivity contribution in [2.45, 2.75) is 19.4 Å². The first-order valence-electron chi connectivity index (χ1n) is 7.89. The summed E-state index contributed by atoms with van der Waals surface area (Å²) in [7, 11) is 0. The molecule has 1 heterocycles. The van der Waals surface area contributed by atoms with Gasteiger partial charge in [0.15, 0.2) is 0 Å². The molecule has 1 aromatic heterocycles. The van der Waals surface area contributed by atoms with E-state index in [9.17, 15) is 14.0 Å². The second-order valence-electron chi connectivity index (χ2n) is 5.61. The Bertz CT molecular complexity index is 1050. The highest BCUT2D eigenvalue weighted by Crippen LogP contribution is 2.24. The minimum Gasteiger partial charge on any atom is -0.465 e. The largest absolute Gasteiger partial charge is 0.465 e. The molecule has 6 nitrogen and oxygen atoms in total. The number of hydrogen-bond donors (Lipinski definition) is 2. The third-order valence-corrected chi connectivity index (χ3v) is 4.30. The monoisotopic (exact) mass is 375 g/mol. The Kier molecular flexibility index (Phi) is 4.90. The molecule has 0 fully saturated rings. The van der Waals surface area contributed by atoms with E-state index in [0.717, 1.165) is 4.57 Å². The van der Waals surface area contributed by atoms with Crippen LogP contribution in [0.2, 0.25) is 5.02 Å². The fraction of sp³-hybridized carbons (Fsp3) is 0.167. The zero-order valence-electron chi connectivity index (χ0n) is 13.7. The van der Waals surface area contributed by atoms with E-state index in [-0.39, 0.29) is 21.9 Å². The van der Waals surface area contributed by atoms with Crippen LogP contribution in [0.1, 0.15) is 25.2 Å². The van der Waals surface area contributed by atoms with Gasteiger partial charge < -0.3 is 10.4 Å². The van der Waals surface area contributed by atoms with Gasteiger partial charge in [-0.05, 0) is 30.7 Å². The summed E-state index contributed by atoms with van der Waals surface area (Å²) >= 11 is 6.15. The van der Waals surface area contributed by atoms with Crippen LogP contribution in [-0.4, -0.2) is 20.8 Å². The number of fused-ring (bicyclic) bond motifs is 1. The SMILES string of the molecule is CCC(NC(=O)O)c1nc2cccc(Cl)c2c(=O)n1-c1ccccc1F. The van der Waals surface area contributed by atoms with E-state index in [0.29, 0.717) is 11.9 Å². The van der Waals surface area contributed by atoms with Crippen molar-refractivity contribution in [3.8, 4) is 5.69 Å². The van der Waals surface area contributed by atoms with Crippen LogP contribution in [0.3, 0.4) is 0 Å². The summed E-state index contributed by atoms with van der Waals surface area (Å²) in [5.41, 5.74) is -0.269. The van der Waals surface area contributed by atoms with Gasteiger partial charge in [-0.2, -0.15) is 0 Å². The zero-order valence-corrected chi connectivity index (χ0v) is 14.5. The molecule has 26 heavy (non-hydrogen) atoms. The molecule has 3 aromatic rings. The molecular formula is C18H15ClFN3O3. The van der Waals surface area contributed by atoms with Gasteiger partial charge in [-0.15, -0.1) is 0 Å². The maximum Gasteiger partial charge on any atom is 0.405 e. The standard InChI is InChI=1S/C18H15ClFN3O3/c1-2-12(22-18(25)26)16-21-13-8-5-6-10(19)15(13)17(24)23(16)14-9-4-3-7-11(14)20/h3-9,12,22H,2H2,1H3,(H,25,26). The number of amides is 1. The molecule has 1 amide bonds. The normalized spacial score (nSPS) is 12.1. The van der Waals surface area contributed by atoms with E-state index in [1.807, 2.05) is 0 Å². The Morgan fingerprint density at radius 3 is 2.69 bits per heavy atom. The lowest BCUT2D eigenvalue weighted by atomic mass is 10.1. The molecule has 0 aliphatic carbocycles. The quantitative estimate of drug-likeness (QED) is 0.724. The van der Waals surface area contributed by atoms with Crippen molar-refractivity contribution in [1.29, 1.82) is 0 Å². The van der Waals surface area contributed by atoms with Crippen LogP contribution in [0.15, 0.2) is 47.3 Å². The maximum atomic E-state index is 14.4. The van der Waals surface area contributed by atoms with E-state index in [2.05, 4.69) is 10.3 Å². The predicted molar refractivity (Wildman–Crippen MR) is 96.5 cm³/mol. The van der Waals surface area contributed by atoms with Gasteiger partial charge in [-0.1, -0.05) is 36.7 Å². The highest BCUT2D eigenvalue weighted by Gasteiger charge is 2.23. The van der Waals surface area contributed by atoms with E-state index in [1.54, 1.807) is 31.2 Å². The fourth-order valence-corrected chi connectivity index (χ4v) is 3.06. The van der Waals surface area contributed by atoms with Gasteiger partial charge in [-0.25, -0.2) is 14.2 Å². The summed E-state index contributed by atoms with van der Waals surface area (Å²) in [5, 5.41) is 11.8. The second kappa shape index (κ2) is 7.13. The van der Waals surface area contributed by atoms with E-state index in [1.165, 1.54) is 18.2 Å². The second-order valence-corrected chi connectivity index (χ2v) is 6.01. The number of carboxylic acid groups (broad SMARTS) is 1. The van der Waals surface area contributed by atoms with Crippen molar-refractivity contribution in [3.63, 3.8) is 0 Å². The molecule has 3 rings (SSSR count). The van der Waals surface area contributed by atoms with Crippen LogP contribution in [-0.2, 0) is 0 Å². The third kappa shape index (κ3) is 3.13. The lowest BCUT2D eigenvalue weighted by Gasteiger charge is -2.21. The molecule has 2 N–H and O–H groups in total. The molecular weight excluding hydrogens is 361 g/mol. The summed E-state index contributed by atoms with van der Waals surface area (Å²) in [4.78, 5) is 28.7. The Balaban J connectivity index is 2.42. The molecule has 0 radical (unpaired) electrons. The van der Waals surface area contributed by atoms with Crippen LogP contribution in [0.5, 0.6) is 0 Å². The smallest absolute Gasteiger partial charge is 0.405 e. The Hall–Kier alpha value is -2.93. The molecule has 1 atom stereocenters. The van der Waals surface area contributed by atoms with Crippen LogP contribution < -0.4 is 10.9 Å². The summed E-state index contributed by atoms with van der Waals surface area (Å²) in [6.45, 7) is 1.74. The van der Waals surface area contributed by atoms with Crippen molar-refractivity contribution in [2.75, 3.05) is 0 Å². The van der Waals surface area contributed by atoms with E-state index in [4.69, 9.17) is 16.7 Å². The lowest BCUT2D eigenvalue weighted by molar-refractivity contribution is 0.188. The number of para-hydroxylation sites is 1. The molecule has 0 bridgehead atoms. The van der Waals surface area contributed by atoms with Crippen molar-refractivity contribution < 1.29 is 14.3 Å². The number of hydrogen-bond acceptors (Lipinski definition) is 3. The molecule has 0 aliphatic heterocycles. The number of nitrogens with zero attached hydrogens (tertiary/aromatic N) is 2. The van der Waals surface area contributed by atoms with Crippen LogP contribution in [0, 0.1) is 5.82 Å². The van der Waals surface area contributed by atoms with Crippen molar-refractivity contribution in [1.82, 2.24) is 14.9 Å².